The number of benzene rings is 2. The van der Waals surface area contributed by atoms with Gasteiger partial charge in [-0.1, -0.05) is 24.3 Å². The number of methoxy groups -OCH3 is 1. The maximum atomic E-state index is 12.9. The molecule has 0 unspecified atom stereocenters. The fraction of sp³-hybridized carbons (Fsp3) is 0.407. The molecule has 1 saturated heterocycles. The number of nitrogens with zero attached hydrogens (tertiary/aromatic N) is 2. The first-order valence-corrected chi connectivity index (χ1v) is 12.6. The Balaban J connectivity index is 1.51. The van der Waals surface area contributed by atoms with Gasteiger partial charge in [-0.2, -0.15) is 0 Å². The number of halogens is 3. The Morgan fingerprint density at radius 2 is 1.90 bits per heavy atom. The number of alkyl halides is 3. The number of nitrogens with one attached hydrogen (secondary N) is 3. The minimum Gasteiger partial charge on any atom is -0.476 e. The Kier molecular flexibility index (Phi) is 9.31. The number of anilines is 1. The van der Waals surface area contributed by atoms with E-state index in [9.17, 15) is 18.0 Å². The van der Waals surface area contributed by atoms with Crippen LogP contribution in [0.2, 0.25) is 0 Å². The fourth-order valence-corrected chi connectivity index (χ4v) is 4.34. The largest absolute Gasteiger partial charge is 0.573 e. The standard InChI is InChI=1S/C27H32F3N5O4/c1-18-24(33-26(36)32-15-21-14-20(16-37-2)8-9-23(21)39-27(28,29)30)35(22-6-4-3-5-7-22)34-25(18)38-17-19-10-12-31-13-11-19/h3-9,14,19,31H,10-13,15-17H2,1-2H3,(H2,32,33,36). The summed E-state index contributed by atoms with van der Waals surface area (Å²) in [4.78, 5) is 12.9. The van der Waals surface area contributed by atoms with Crippen molar-refractivity contribution in [2.75, 3.05) is 32.1 Å². The minimum absolute atomic E-state index is 0.149. The third-order valence-electron chi connectivity index (χ3n) is 6.33. The highest BCUT2D eigenvalue weighted by molar-refractivity contribution is 5.89. The monoisotopic (exact) mass is 547 g/mol. The number of carbonyl (C=O) groups excluding carboxylic acids is 1. The summed E-state index contributed by atoms with van der Waals surface area (Å²) in [6, 6.07) is 12.8. The normalized spacial score (nSPS) is 14.2. The van der Waals surface area contributed by atoms with E-state index >= 15 is 0 Å². The zero-order valence-corrected chi connectivity index (χ0v) is 21.8. The lowest BCUT2D eigenvalue weighted by atomic mass is 9.99. The van der Waals surface area contributed by atoms with E-state index in [0.29, 0.717) is 41.0 Å². The topological polar surface area (TPSA) is 98.7 Å². The van der Waals surface area contributed by atoms with Crippen molar-refractivity contribution in [3.05, 3.63) is 65.2 Å². The summed E-state index contributed by atoms with van der Waals surface area (Å²) < 4.78 is 55.6. The van der Waals surface area contributed by atoms with Gasteiger partial charge in [0.15, 0.2) is 0 Å². The highest BCUT2D eigenvalue weighted by atomic mass is 19.4. The van der Waals surface area contributed by atoms with Gasteiger partial charge in [0.1, 0.15) is 11.6 Å². The molecule has 9 nitrogen and oxygen atoms in total. The number of rotatable bonds is 10. The lowest BCUT2D eigenvalue weighted by molar-refractivity contribution is -0.274. The Bertz CT molecular complexity index is 1240. The fourth-order valence-electron chi connectivity index (χ4n) is 4.34. The van der Waals surface area contributed by atoms with Crippen LogP contribution < -0.4 is 25.4 Å². The van der Waals surface area contributed by atoms with E-state index in [1.165, 1.54) is 25.3 Å². The SMILES string of the molecule is COCc1ccc(OC(F)(F)F)c(CNC(=O)Nc2c(C)c(OCC3CCNCC3)nn2-c2ccccc2)c1. The van der Waals surface area contributed by atoms with Crippen LogP contribution in [0.1, 0.15) is 29.5 Å². The van der Waals surface area contributed by atoms with Gasteiger partial charge in [-0.3, -0.25) is 5.32 Å². The summed E-state index contributed by atoms with van der Waals surface area (Å²) >= 11 is 0. The number of urea groups is 1. The second-order valence-corrected chi connectivity index (χ2v) is 9.26. The van der Waals surface area contributed by atoms with Crippen LogP contribution in [0.25, 0.3) is 5.69 Å². The maximum absolute atomic E-state index is 12.9. The molecule has 210 valence electrons. The van der Waals surface area contributed by atoms with Gasteiger partial charge in [-0.05, 0) is 68.6 Å². The molecule has 0 aliphatic carbocycles. The Morgan fingerprint density at radius 3 is 2.59 bits per heavy atom. The quantitative estimate of drug-likeness (QED) is 0.333. The van der Waals surface area contributed by atoms with Crippen molar-refractivity contribution in [3.63, 3.8) is 0 Å². The summed E-state index contributed by atoms with van der Waals surface area (Å²) in [5.74, 6) is 0.802. The number of hydrogen-bond acceptors (Lipinski definition) is 6. The molecule has 3 aromatic rings. The molecule has 0 radical (unpaired) electrons. The van der Waals surface area contributed by atoms with Gasteiger partial charge in [0.25, 0.3) is 0 Å². The molecule has 1 aliphatic heterocycles. The molecular weight excluding hydrogens is 515 g/mol. The first kappa shape index (κ1) is 28.2. The molecule has 1 aromatic heterocycles. The molecule has 4 rings (SSSR count). The van der Waals surface area contributed by atoms with Gasteiger partial charge >= 0.3 is 12.4 Å². The van der Waals surface area contributed by atoms with Crippen LogP contribution in [0.15, 0.2) is 48.5 Å². The van der Waals surface area contributed by atoms with Crippen molar-refractivity contribution in [2.24, 2.45) is 5.92 Å². The Morgan fingerprint density at radius 1 is 1.15 bits per heavy atom. The van der Waals surface area contributed by atoms with Crippen molar-refractivity contribution in [3.8, 4) is 17.3 Å². The van der Waals surface area contributed by atoms with Crippen LogP contribution >= 0.6 is 0 Å². The van der Waals surface area contributed by atoms with Crippen LogP contribution in [0.4, 0.5) is 23.8 Å². The van der Waals surface area contributed by atoms with Crippen molar-refractivity contribution in [1.29, 1.82) is 0 Å². The molecule has 12 heteroatoms. The molecule has 1 fully saturated rings. The second-order valence-electron chi connectivity index (χ2n) is 9.26. The first-order valence-electron chi connectivity index (χ1n) is 12.6. The summed E-state index contributed by atoms with van der Waals surface area (Å²) in [6.45, 7) is 4.18. The molecule has 2 heterocycles. The Labute approximate surface area is 224 Å². The van der Waals surface area contributed by atoms with E-state index < -0.39 is 18.1 Å². The number of piperidine rings is 1. The molecule has 39 heavy (non-hydrogen) atoms. The van der Waals surface area contributed by atoms with E-state index in [4.69, 9.17) is 9.47 Å². The maximum Gasteiger partial charge on any atom is 0.573 e. The van der Waals surface area contributed by atoms with Crippen LogP contribution in [0, 0.1) is 12.8 Å². The summed E-state index contributed by atoms with van der Waals surface area (Å²) in [5, 5.41) is 13.3. The van der Waals surface area contributed by atoms with E-state index in [1.54, 1.807) is 11.6 Å². The zero-order chi connectivity index (χ0) is 27.8. The van der Waals surface area contributed by atoms with Crippen molar-refractivity contribution in [1.82, 2.24) is 20.4 Å². The van der Waals surface area contributed by atoms with Gasteiger partial charge in [0.2, 0.25) is 5.88 Å². The summed E-state index contributed by atoms with van der Waals surface area (Å²) in [6.07, 6.45) is -2.85. The predicted molar refractivity (Wildman–Crippen MR) is 139 cm³/mol. The van der Waals surface area contributed by atoms with E-state index in [1.807, 2.05) is 30.3 Å². The van der Waals surface area contributed by atoms with Crippen molar-refractivity contribution >= 4 is 11.8 Å². The Hall–Kier alpha value is -3.77. The highest BCUT2D eigenvalue weighted by Crippen LogP contribution is 2.30. The van der Waals surface area contributed by atoms with Crippen molar-refractivity contribution in [2.45, 2.75) is 39.3 Å². The number of aromatic nitrogens is 2. The van der Waals surface area contributed by atoms with E-state index in [-0.39, 0.29) is 18.7 Å². The third kappa shape index (κ3) is 7.87. The smallest absolute Gasteiger partial charge is 0.476 e. The molecule has 0 spiro atoms. The highest BCUT2D eigenvalue weighted by Gasteiger charge is 2.32. The average molecular weight is 548 g/mol. The van der Waals surface area contributed by atoms with Gasteiger partial charge < -0.3 is 24.8 Å². The number of para-hydroxylation sites is 1. The molecule has 0 bridgehead atoms. The molecule has 1 aliphatic rings. The minimum atomic E-state index is -4.87. The van der Waals surface area contributed by atoms with E-state index in [2.05, 4.69) is 25.8 Å². The van der Waals surface area contributed by atoms with Gasteiger partial charge in [-0.15, -0.1) is 18.3 Å². The van der Waals surface area contributed by atoms with Crippen LogP contribution in [-0.2, 0) is 17.9 Å². The molecule has 3 N–H and O–H groups in total. The predicted octanol–water partition coefficient (Wildman–Crippen LogP) is 4.93. The van der Waals surface area contributed by atoms with E-state index in [0.717, 1.165) is 25.9 Å². The number of amides is 2. The van der Waals surface area contributed by atoms with Gasteiger partial charge in [-0.25, -0.2) is 9.48 Å². The average Bonchev–Trinajstić information content (AvgIpc) is 3.22. The first-order chi connectivity index (χ1) is 18.7. The molecule has 0 atom stereocenters. The zero-order valence-electron chi connectivity index (χ0n) is 21.8. The number of carbonyl (C=O) groups is 1. The lowest BCUT2D eigenvalue weighted by Gasteiger charge is -2.22. The number of ether oxygens (including phenoxy) is 3. The number of hydrogen-bond donors (Lipinski definition) is 3. The van der Waals surface area contributed by atoms with Crippen LogP contribution in [0.5, 0.6) is 11.6 Å². The molecular formula is C27H32F3N5O4. The summed E-state index contributed by atoms with van der Waals surface area (Å²) in [5.41, 5.74) is 2.13. The van der Waals surface area contributed by atoms with Crippen molar-refractivity contribution < 1.29 is 32.2 Å². The molecule has 0 saturated carbocycles. The lowest BCUT2D eigenvalue weighted by Crippen LogP contribution is -2.30. The van der Waals surface area contributed by atoms with Crippen LogP contribution in [-0.4, -0.2) is 49.0 Å². The molecule has 2 amide bonds. The third-order valence-corrected chi connectivity index (χ3v) is 6.33. The van der Waals surface area contributed by atoms with Crippen LogP contribution in [0.3, 0.4) is 0 Å². The second kappa shape index (κ2) is 12.9. The van der Waals surface area contributed by atoms with Gasteiger partial charge in [0, 0.05) is 19.2 Å². The van der Waals surface area contributed by atoms with Gasteiger partial charge in [0.05, 0.1) is 24.5 Å². The molecule has 2 aromatic carbocycles. The summed E-state index contributed by atoms with van der Waals surface area (Å²) in [7, 11) is 1.48.